The predicted octanol–water partition coefficient (Wildman–Crippen LogP) is 1.89. The first kappa shape index (κ1) is 21.7. The van der Waals surface area contributed by atoms with Crippen LogP contribution >= 0.6 is 0 Å². The molecule has 0 bridgehead atoms. The number of pyridine rings is 1. The summed E-state index contributed by atoms with van der Waals surface area (Å²) in [6.07, 6.45) is 5.41. The summed E-state index contributed by atoms with van der Waals surface area (Å²) in [7, 11) is 0. The van der Waals surface area contributed by atoms with Crippen LogP contribution < -0.4 is 27.2 Å². The van der Waals surface area contributed by atoms with Crippen molar-refractivity contribution < 1.29 is 0 Å². The molecule has 6 rings (SSSR count). The average Bonchev–Trinajstić information content (AvgIpc) is 3.57. The lowest BCUT2D eigenvalue weighted by atomic mass is 10.3. The molecular weight excluding hydrogens is 458 g/mol. The van der Waals surface area contributed by atoms with Crippen LogP contribution in [0.2, 0.25) is 0 Å². The van der Waals surface area contributed by atoms with Crippen LogP contribution in [0.15, 0.2) is 34.5 Å². The molecule has 2 aliphatic rings. The fraction of sp³-hybridized carbons (Fsp3) is 0.261. The topological polar surface area (TPSA) is 177 Å². The predicted molar refractivity (Wildman–Crippen MR) is 138 cm³/mol. The molecule has 0 aromatic carbocycles. The molecule has 0 atom stereocenters. The van der Waals surface area contributed by atoms with Gasteiger partial charge in [-0.15, -0.1) is 0 Å². The van der Waals surface area contributed by atoms with Gasteiger partial charge in [-0.05, 0) is 32.8 Å². The second kappa shape index (κ2) is 8.15. The fourth-order valence-electron chi connectivity index (χ4n) is 4.48. The number of aromatic nitrogens is 6. The Morgan fingerprint density at radius 2 is 1.78 bits per heavy atom. The van der Waals surface area contributed by atoms with Crippen molar-refractivity contribution in [1.29, 1.82) is 5.41 Å². The van der Waals surface area contributed by atoms with Crippen molar-refractivity contribution in [3.8, 4) is 0 Å². The molecule has 6 heterocycles. The first-order valence-corrected chi connectivity index (χ1v) is 11.6. The van der Waals surface area contributed by atoms with Gasteiger partial charge in [-0.25, -0.2) is 19.9 Å². The van der Waals surface area contributed by atoms with Crippen molar-refractivity contribution in [1.82, 2.24) is 29.2 Å². The molecule has 0 radical (unpaired) electrons. The molecule has 0 saturated carbocycles. The van der Waals surface area contributed by atoms with Crippen LogP contribution in [0.1, 0.15) is 30.1 Å². The number of nitrogens with one attached hydrogen (secondary N) is 2. The smallest absolute Gasteiger partial charge is 0.183 e. The second-order valence-electron chi connectivity index (χ2n) is 8.87. The van der Waals surface area contributed by atoms with E-state index in [0.29, 0.717) is 57.4 Å². The molecule has 0 amide bonds. The fourth-order valence-corrected chi connectivity index (χ4v) is 4.48. The zero-order valence-electron chi connectivity index (χ0n) is 19.9. The Morgan fingerprint density at radius 1 is 1.00 bits per heavy atom. The van der Waals surface area contributed by atoms with E-state index in [2.05, 4.69) is 30.4 Å². The monoisotopic (exact) mass is 483 g/mol. The van der Waals surface area contributed by atoms with Gasteiger partial charge in [-0.3, -0.25) is 5.41 Å². The lowest BCUT2D eigenvalue weighted by Crippen LogP contribution is -2.21. The Balaban J connectivity index is 1.49. The number of hydrogen-bond donors (Lipinski definition) is 4. The van der Waals surface area contributed by atoms with Crippen molar-refractivity contribution in [2.45, 2.75) is 26.7 Å². The van der Waals surface area contributed by atoms with E-state index in [4.69, 9.17) is 26.9 Å². The average molecular weight is 484 g/mol. The maximum Gasteiger partial charge on any atom is 0.183 e. The molecule has 2 aliphatic heterocycles. The van der Waals surface area contributed by atoms with Crippen molar-refractivity contribution in [3.63, 3.8) is 0 Å². The number of nitrogen functional groups attached to an aromatic ring is 2. The van der Waals surface area contributed by atoms with Crippen LogP contribution in [0.5, 0.6) is 0 Å². The standard InChI is InChI=1S/C23H25N13/c1-12-7-18(25)35-22(29-12)16(10-27-35)31-15-9-14(24)21(34-5-3-4-6-34)33-20(15)32-17-11-28-36-19(26)8-13(2)30-23(17)36/h7-11,26,31H,3-6,24-25H2,1-2H3/b26-19?,32-17+. The van der Waals surface area contributed by atoms with E-state index in [9.17, 15) is 0 Å². The minimum Gasteiger partial charge on any atom is -0.396 e. The van der Waals surface area contributed by atoms with Gasteiger partial charge in [-0.2, -0.15) is 19.4 Å². The summed E-state index contributed by atoms with van der Waals surface area (Å²) in [5.41, 5.74) is 17.1. The molecule has 13 nitrogen and oxygen atoms in total. The van der Waals surface area contributed by atoms with Gasteiger partial charge in [0.2, 0.25) is 0 Å². The molecule has 6 N–H and O–H groups in total. The molecular formula is C23H25N13. The molecule has 0 unspecified atom stereocenters. The van der Waals surface area contributed by atoms with E-state index in [0.717, 1.165) is 31.6 Å². The molecule has 182 valence electrons. The third-order valence-electron chi connectivity index (χ3n) is 6.12. The Kier molecular flexibility index (Phi) is 4.91. The van der Waals surface area contributed by atoms with Gasteiger partial charge in [0.1, 0.15) is 22.7 Å². The van der Waals surface area contributed by atoms with Crippen molar-refractivity contribution in [2.24, 2.45) is 10.1 Å². The Bertz CT molecular complexity index is 1640. The summed E-state index contributed by atoms with van der Waals surface area (Å²) in [6, 6.07) is 5.23. The first-order valence-electron chi connectivity index (χ1n) is 11.6. The summed E-state index contributed by atoms with van der Waals surface area (Å²) >= 11 is 0. The largest absolute Gasteiger partial charge is 0.396 e. The van der Waals surface area contributed by atoms with Crippen molar-refractivity contribution in [3.05, 3.63) is 47.1 Å². The molecule has 13 heteroatoms. The lowest BCUT2D eigenvalue weighted by Gasteiger charge is -2.20. The van der Waals surface area contributed by atoms with Crippen LogP contribution in [0.3, 0.4) is 0 Å². The summed E-state index contributed by atoms with van der Waals surface area (Å²) in [4.78, 5) is 21.0. The first-order chi connectivity index (χ1) is 17.4. The Hall–Kier alpha value is -4.81. The molecule has 1 saturated heterocycles. The van der Waals surface area contributed by atoms with E-state index in [1.807, 2.05) is 19.9 Å². The highest BCUT2D eigenvalue weighted by Gasteiger charge is 2.22. The van der Waals surface area contributed by atoms with Gasteiger partial charge in [0.15, 0.2) is 23.1 Å². The molecule has 36 heavy (non-hydrogen) atoms. The van der Waals surface area contributed by atoms with Crippen LogP contribution in [0.25, 0.3) is 5.65 Å². The Labute approximate surface area is 205 Å². The third kappa shape index (κ3) is 3.61. The number of nitrogens with two attached hydrogens (primary N) is 2. The number of aliphatic imine (C=N–C) groups is 1. The van der Waals surface area contributed by atoms with E-state index in [-0.39, 0.29) is 5.49 Å². The van der Waals surface area contributed by atoms with E-state index in [1.165, 1.54) is 4.68 Å². The highest BCUT2D eigenvalue weighted by molar-refractivity contribution is 6.39. The highest BCUT2D eigenvalue weighted by atomic mass is 15.4. The van der Waals surface area contributed by atoms with Gasteiger partial charge in [0.25, 0.3) is 0 Å². The summed E-state index contributed by atoms with van der Waals surface area (Å²) in [5.74, 6) is 2.07. The molecule has 1 fully saturated rings. The summed E-state index contributed by atoms with van der Waals surface area (Å²) < 4.78 is 3.01. The number of nitrogens with zero attached hydrogens (tertiary/aromatic N) is 9. The summed E-state index contributed by atoms with van der Waals surface area (Å²) in [6.45, 7) is 5.48. The van der Waals surface area contributed by atoms with Crippen LogP contribution in [-0.4, -0.2) is 54.3 Å². The minimum atomic E-state index is 0.228. The number of hydrogen-bond acceptors (Lipinski definition) is 11. The molecule has 4 aromatic rings. The van der Waals surface area contributed by atoms with Gasteiger partial charge in [0, 0.05) is 36.6 Å². The SMILES string of the molecule is Cc1cc(=N)n2c(n1)/C(=N/c1nc(N3CCCC3)c(N)cc1Nc1cnn3c(N)cc(C)nc13)C=N2. The molecule has 0 aliphatic carbocycles. The van der Waals surface area contributed by atoms with Gasteiger partial charge >= 0.3 is 0 Å². The number of aryl methyl sites for hydroxylation is 2. The summed E-state index contributed by atoms with van der Waals surface area (Å²) in [5, 5.41) is 20.2. The van der Waals surface area contributed by atoms with E-state index in [1.54, 1.807) is 29.1 Å². The van der Waals surface area contributed by atoms with Gasteiger partial charge < -0.3 is 21.7 Å². The van der Waals surface area contributed by atoms with E-state index >= 15 is 0 Å². The second-order valence-corrected chi connectivity index (χ2v) is 8.87. The van der Waals surface area contributed by atoms with Crippen LogP contribution in [0.4, 0.5) is 34.5 Å². The maximum atomic E-state index is 8.20. The third-order valence-corrected chi connectivity index (χ3v) is 6.12. The van der Waals surface area contributed by atoms with Crippen molar-refractivity contribution >= 4 is 52.1 Å². The highest BCUT2D eigenvalue weighted by Crippen LogP contribution is 2.36. The quantitative estimate of drug-likeness (QED) is 0.340. The number of anilines is 5. The Morgan fingerprint density at radius 3 is 2.58 bits per heavy atom. The van der Waals surface area contributed by atoms with Crippen LogP contribution in [0, 0.1) is 19.3 Å². The minimum absolute atomic E-state index is 0.228. The molecule has 0 spiro atoms. The normalized spacial score (nSPS) is 15.8. The number of rotatable bonds is 4. The van der Waals surface area contributed by atoms with Crippen LogP contribution in [-0.2, 0) is 0 Å². The van der Waals surface area contributed by atoms with Gasteiger partial charge in [-0.1, -0.05) is 0 Å². The lowest BCUT2D eigenvalue weighted by molar-refractivity contribution is 0.760. The zero-order valence-corrected chi connectivity index (χ0v) is 19.9. The van der Waals surface area contributed by atoms with Crippen molar-refractivity contribution in [2.75, 3.05) is 34.8 Å². The number of fused-ring (bicyclic) bond motifs is 2. The van der Waals surface area contributed by atoms with E-state index < -0.39 is 0 Å². The van der Waals surface area contributed by atoms with Gasteiger partial charge in [0.05, 0.1) is 23.8 Å². The maximum absolute atomic E-state index is 8.20. The zero-order chi connectivity index (χ0) is 25.0. The molecule has 4 aromatic heterocycles.